The average Bonchev–Trinajstić information content (AvgIpc) is 2.11. The summed E-state index contributed by atoms with van der Waals surface area (Å²) in [6, 6.07) is 0. The minimum atomic E-state index is -1.70. The third kappa shape index (κ3) is 8.58. The van der Waals surface area contributed by atoms with Crippen LogP contribution in [0.25, 0.3) is 0 Å². The zero-order chi connectivity index (χ0) is 11.9. The van der Waals surface area contributed by atoms with Crippen molar-refractivity contribution in [3.63, 3.8) is 0 Å². The largest absolute Gasteiger partial charge is 0.393 e. The Morgan fingerprint density at radius 1 is 1.07 bits per heavy atom. The van der Waals surface area contributed by atoms with Crippen molar-refractivity contribution >= 4 is 34.8 Å². The van der Waals surface area contributed by atoms with Crippen molar-refractivity contribution in [2.24, 2.45) is 0 Å². The maximum Gasteiger partial charge on any atom is 0.216 e. The number of hydrogen-bond acceptors (Lipinski definition) is 2. The fourth-order valence-corrected chi connectivity index (χ4v) is 1.58. The van der Waals surface area contributed by atoms with Gasteiger partial charge in [0.05, 0.1) is 6.10 Å². The standard InChI is InChI=1S/C10H19Cl3O2/c1-2-3-4-5-6-8(14)7-9(15)10(11,12)13/h8-9,14-15H,2-7H2,1H3/t8-,9-/m1/s1. The summed E-state index contributed by atoms with van der Waals surface area (Å²) in [5.41, 5.74) is 0. The Bertz CT molecular complexity index is 159. The van der Waals surface area contributed by atoms with E-state index in [1.807, 2.05) is 0 Å². The number of hydrogen-bond donors (Lipinski definition) is 2. The molecule has 0 fully saturated rings. The molecule has 0 aliphatic heterocycles. The topological polar surface area (TPSA) is 40.5 Å². The van der Waals surface area contributed by atoms with Crippen molar-refractivity contribution in [3.05, 3.63) is 0 Å². The molecule has 0 aromatic rings. The Balaban J connectivity index is 3.60. The van der Waals surface area contributed by atoms with Gasteiger partial charge in [-0.3, -0.25) is 0 Å². The van der Waals surface area contributed by atoms with Crippen molar-refractivity contribution in [1.29, 1.82) is 0 Å². The van der Waals surface area contributed by atoms with E-state index in [4.69, 9.17) is 34.8 Å². The molecular formula is C10H19Cl3O2. The highest BCUT2D eigenvalue weighted by atomic mass is 35.6. The number of aliphatic hydroxyl groups excluding tert-OH is 2. The smallest absolute Gasteiger partial charge is 0.216 e. The van der Waals surface area contributed by atoms with Crippen LogP contribution >= 0.6 is 34.8 Å². The van der Waals surface area contributed by atoms with Gasteiger partial charge in [0, 0.05) is 6.42 Å². The molecule has 2 nitrogen and oxygen atoms in total. The van der Waals surface area contributed by atoms with E-state index >= 15 is 0 Å². The van der Waals surface area contributed by atoms with Gasteiger partial charge in [-0.1, -0.05) is 67.4 Å². The monoisotopic (exact) mass is 276 g/mol. The van der Waals surface area contributed by atoms with Gasteiger partial charge in [0.25, 0.3) is 0 Å². The molecule has 0 aliphatic carbocycles. The maximum absolute atomic E-state index is 9.55. The summed E-state index contributed by atoms with van der Waals surface area (Å²) in [5.74, 6) is 0. The molecule has 5 heteroatoms. The predicted molar refractivity (Wildman–Crippen MR) is 65.7 cm³/mol. The van der Waals surface area contributed by atoms with E-state index in [1.165, 1.54) is 6.42 Å². The molecule has 0 aromatic carbocycles. The quantitative estimate of drug-likeness (QED) is 0.553. The number of unbranched alkanes of at least 4 members (excludes halogenated alkanes) is 3. The van der Waals surface area contributed by atoms with Crippen LogP contribution in [0, 0.1) is 0 Å². The van der Waals surface area contributed by atoms with Crippen LogP contribution in [-0.2, 0) is 0 Å². The van der Waals surface area contributed by atoms with Gasteiger partial charge in [0.1, 0.15) is 6.10 Å². The van der Waals surface area contributed by atoms with Gasteiger partial charge in [-0.05, 0) is 6.42 Å². The van der Waals surface area contributed by atoms with Crippen LogP contribution in [0.1, 0.15) is 45.4 Å². The van der Waals surface area contributed by atoms with E-state index in [-0.39, 0.29) is 6.42 Å². The Hall–Kier alpha value is 0.790. The van der Waals surface area contributed by atoms with E-state index in [0.29, 0.717) is 6.42 Å². The lowest BCUT2D eigenvalue weighted by Gasteiger charge is -2.21. The number of aliphatic hydroxyl groups is 2. The van der Waals surface area contributed by atoms with Crippen molar-refractivity contribution in [2.45, 2.75) is 61.4 Å². The van der Waals surface area contributed by atoms with E-state index in [1.54, 1.807) is 0 Å². The molecule has 0 unspecified atom stereocenters. The molecule has 15 heavy (non-hydrogen) atoms. The predicted octanol–water partition coefficient (Wildman–Crippen LogP) is 3.44. The van der Waals surface area contributed by atoms with E-state index < -0.39 is 16.0 Å². The van der Waals surface area contributed by atoms with Crippen LogP contribution in [0.2, 0.25) is 0 Å². The minimum absolute atomic E-state index is 0.114. The Morgan fingerprint density at radius 3 is 2.13 bits per heavy atom. The first kappa shape index (κ1) is 15.8. The van der Waals surface area contributed by atoms with Crippen molar-refractivity contribution in [1.82, 2.24) is 0 Å². The van der Waals surface area contributed by atoms with Gasteiger partial charge in [-0.2, -0.15) is 0 Å². The van der Waals surface area contributed by atoms with Gasteiger partial charge >= 0.3 is 0 Å². The third-order valence-corrected chi connectivity index (χ3v) is 3.02. The molecule has 0 radical (unpaired) electrons. The molecule has 0 amide bonds. The lowest BCUT2D eigenvalue weighted by atomic mass is 10.0. The average molecular weight is 278 g/mol. The highest BCUT2D eigenvalue weighted by molar-refractivity contribution is 6.68. The maximum atomic E-state index is 9.55. The van der Waals surface area contributed by atoms with Crippen LogP contribution in [0.3, 0.4) is 0 Å². The second-order valence-electron chi connectivity index (χ2n) is 3.80. The molecule has 0 heterocycles. The molecule has 92 valence electrons. The summed E-state index contributed by atoms with van der Waals surface area (Å²) in [6.07, 6.45) is 3.43. The summed E-state index contributed by atoms with van der Waals surface area (Å²) < 4.78 is -1.70. The first-order valence-corrected chi connectivity index (χ1v) is 6.44. The van der Waals surface area contributed by atoms with Crippen LogP contribution in [0.4, 0.5) is 0 Å². The van der Waals surface area contributed by atoms with E-state index in [0.717, 1.165) is 19.3 Å². The van der Waals surface area contributed by atoms with Crippen LogP contribution in [0.5, 0.6) is 0 Å². The highest BCUT2D eigenvalue weighted by Crippen LogP contribution is 2.32. The molecule has 0 aliphatic rings. The van der Waals surface area contributed by atoms with Gasteiger partial charge in [0.2, 0.25) is 3.79 Å². The second kappa shape index (κ2) is 7.97. The molecule has 0 aromatic heterocycles. The Kier molecular flexibility index (Phi) is 8.39. The second-order valence-corrected chi connectivity index (χ2v) is 6.17. The molecule has 0 saturated carbocycles. The van der Waals surface area contributed by atoms with Crippen molar-refractivity contribution < 1.29 is 10.2 Å². The molecule has 0 saturated heterocycles. The van der Waals surface area contributed by atoms with Crippen LogP contribution in [-0.4, -0.2) is 26.2 Å². The van der Waals surface area contributed by atoms with Gasteiger partial charge in [0.15, 0.2) is 0 Å². The summed E-state index contributed by atoms with van der Waals surface area (Å²) in [5, 5.41) is 18.9. The molecule has 0 rings (SSSR count). The number of alkyl halides is 3. The Morgan fingerprint density at radius 2 is 1.67 bits per heavy atom. The molecule has 2 N–H and O–H groups in total. The fraction of sp³-hybridized carbons (Fsp3) is 1.00. The molecule has 0 bridgehead atoms. The minimum Gasteiger partial charge on any atom is -0.393 e. The van der Waals surface area contributed by atoms with Crippen molar-refractivity contribution in [3.8, 4) is 0 Å². The summed E-state index contributed by atoms with van der Waals surface area (Å²) in [6.45, 7) is 2.13. The first-order chi connectivity index (χ1) is 6.88. The molecular weight excluding hydrogens is 258 g/mol. The lowest BCUT2D eigenvalue weighted by Crippen LogP contribution is -2.29. The zero-order valence-corrected chi connectivity index (χ0v) is 11.2. The van der Waals surface area contributed by atoms with Gasteiger partial charge in [-0.15, -0.1) is 0 Å². The van der Waals surface area contributed by atoms with Crippen molar-refractivity contribution in [2.75, 3.05) is 0 Å². The van der Waals surface area contributed by atoms with Crippen LogP contribution in [0.15, 0.2) is 0 Å². The van der Waals surface area contributed by atoms with Crippen LogP contribution < -0.4 is 0 Å². The molecule has 0 spiro atoms. The van der Waals surface area contributed by atoms with E-state index in [9.17, 15) is 10.2 Å². The normalized spacial score (nSPS) is 16.4. The summed E-state index contributed by atoms with van der Waals surface area (Å²) in [7, 11) is 0. The highest BCUT2D eigenvalue weighted by Gasteiger charge is 2.32. The van der Waals surface area contributed by atoms with Gasteiger partial charge in [-0.25, -0.2) is 0 Å². The summed E-state index contributed by atoms with van der Waals surface area (Å²) in [4.78, 5) is 0. The Labute approximate surface area is 107 Å². The lowest BCUT2D eigenvalue weighted by molar-refractivity contribution is 0.0760. The number of rotatable bonds is 7. The van der Waals surface area contributed by atoms with E-state index in [2.05, 4.69) is 6.92 Å². The SMILES string of the molecule is CCCCCC[C@@H](O)C[C@@H](O)C(Cl)(Cl)Cl. The first-order valence-electron chi connectivity index (χ1n) is 5.30. The summed E-state index contributed by atoms with van der Waals surface area (Å²) >= 11 is 16.4. The number of halogens is 3. The zero-order valence-electron chi connectivity index (χ0n) is 8.93. The third-order valence-electron chi connectivity index (χ3n) is 2.26. The molecule has 2 atom stereocenters. The fourth-order valence-electron chi connectivity index (χ4n) is 1.32. The van der Waals surface area contributed by atoms with Gasteiger partial charge < -0.3 is 10.2 Å².